The van der Waals surface area contributed by atoms with E-state index < -0.39 is 10.0 Å². The van der Waals surface area contributed by atoms with Crippen LogP contribution in [0.1, 0.15) is 13.3 Å². The summed E-state index contributed by atoms with van der Waals surface area (Å²) < 4.78 is 25.1. The molecule has 8 heteroatoms. The first-order valence-electron chi connectivity index (χ1n) is 5.97. The Bertz CT molecular complexity index is 562. The summed E-state index contributed by atoms with van der Waals surface area (Å²) in [7, 11) is -3.44. The highest BCUT2D eigenvalue weighted by Gasteiger charge is 2.20. The Kier molecular flexibility index (Phi) is 6.44. The van der Waals surface area contributed by atoms with Crippen LogP contribution in [0.25, 0.3) is 0 Å². The molecule has 0 aliphatic rings. The molecule has 0 heterocycles. The third kappa shape index (κ3) is 5.10. The van der Waals surface area contributed by atoms with Gasteiger partial charge in [0.2, 0.25) is 10.0 Å². The molecule has 0 unspecified atom stereocenters. The van der Waals surface area contributed by atoms with E-state index >= 15 is 0 Å². The van der Waals surface area contributed by atoms with Crippen LogP contribution in [0.3, 0.4) is 0 Å². The summed E-state index contributed by atoms with van der Waals surface area (Å²) in [5.41, 5.74) is 0.649. The number of carbonyl (C=O) groups excluding carboxylic acids is 1. The number of rotatable bonds is 7. The minimum absolute atomic E-state index is 0.0733. The zero-order chi connectivity index (χ0) is 15.2. The van der Waals surface area contributed by atoms with Crippen molar-refractivity contribution in [3.05, 3.63) is 24.3 Å². The Labute approximate surface area is 127 Å². The quantitative estimate of drug-likeness (QED) is 0.593. The molecule has 1 aromatic carbocycles. The minimum Gasteiger partial charge on any atom is -0.282 e. The van der Waals surface area contributed by atoms with Crippen LogP contribution >= 0.6 is 15.9 Å². The highest BCUT2D eigenvalue weighted by molar-refractivity contribution is 9.09. The number of sulfonamides is 1. The van der Waals surface area contributed by atoms with Crippen LogP contribution in [0.15, 0.2) is 24.3 Å². The number of hydrogen-bond acceptors (Lipinski definition) is 4. The molecule has 0 aromatic heterocycles. The monoisotopic (exact) mass is 364 g/mol. The van der Waals surface area contributed by atoms with E-state index in [1.807, 2.05) is 6.92 Å². The number of benzene rings is 1. The fourth-order valence-electron chi connectivity index (χ4n) is 1.45. The Balaban J connectivity index is 3.15. The lowest BCUT2D eigenvalue weighted by Crippen LogP contribution is -2.33. The number of halogens is 1. The van der Waals surface area contributed by atoms with Gasteiger partial charge in [-0.15, -0.1) is 0 Å². The molecule has 0 saturated carbocycles. The van der Waals surface area contributed by atoms with E-state index in [1.54, 1.807) is 24.3 Å². The lowest BCUT2D eigenvalue weighted by Gasteiger charge is -2.23. The molecule has 0 saturated heterocycles. The third-order valence-electron chi connectivity index (χ3n) is 2.18. The van der Waals surface area contributed by atoms with Crippen molar-refractivity contribution in [2.75, 3.05) is 28.0 Å². The Morgan fingerprint density at radius 1 is 1.40 bits per heavy atom. The van der Waals surface area contributed by atoms with Gasteiger partial charge in [0.25, 0.3) is 5.91 Å². The molecule has 0 aliphatic heterocycles. The number of amides is 1. The summed E-state index contributed by atoms with van der Waals surface area (Å²) in [5.74, 6) is -0.318. The van der Waals surface area contributed by atoms with Crippen LogP contribution < -0.4 is 9.79 Å². The lowest BCUT2D eigenvalue weighted by molar-refractivity contribution is -0.123. The smallest absolute Gasteiger partial charge is 0.261 e. The second kappa shape index (κ2) is 7.61. The van der Waals surface area contributed by atoms with Crippen molar-refractivity contribution in [2.45, 2.75) is 13.3 Å². The van der Waals surface area contributed by atoms with Crippen molar-refractivity contribution in [3.63, 3.8) is 0 Å². The molecule has 0 radical (unpaired) electrons. The van der Waals surface area contributed by atoms with Crippen molar-refractivity contribution in [3.8, 4) is 0 Å². The normalized spacial score (nSPS) is 11.2. The summed E-state index contributed by atoms with van der Waals surface area (Å²) in [6.45, 7) is 2.27. The molecule has 112 valence electrons. The van der Waals surface area contributed by atoms with Gasteiger partial charge in [-0.1, -0.05) is 35.0 Å². The predicted molar refractivity (Wildman–Crippen MR) is 82.4 cm³/mol. The van der Waals surface area contributed by atoms with E-state index in [4.69, 9.17) is 4.84 Å². The summed E-state index contributed by atoms with van der Waals surface area (Å²) in [6.07, 6.45) is 1.78. The van der Waals surface area contributed by atoms with E-state index in [-0.39, 0.29) is 11.2 Å². The molecule has 1 N–H and O–H groups in total. The van der Waals surface area contributed by atoms with Gasteiger partial charge in [0.1, 0.15) is 0 Å². The Morgan fingerprint density at radius 2 is 2.05 bits per heavy atom. The second-order valence-corrected chi connectivity index (χ2v) is 6.36. The van der Waals surface area contributed by atoms with Gasteiger partial charge in [0, 0.05) is 0 Å². The number of nitrogens with one attached hydrogen (secondary N) is 1. The van der Waals surface area contributed by atoms with Gasteiger partial charge >= 0.3 is 0 Å². The number of hydroxylamine groups is 1. The Morgan fingerprint density at radius 3 is 2.60 bits per heavy atom. The van der Waals surface area contributed by atoms with Gasteiger partial charge in [-0.25, -0.2) is 8.42 Å². The average molecular weight is 365 g/mol. The predicted octanol–water partition coefficient (Wildman–Crippen LogP) is 2.13. The molecule has 1 amide bonds. The fourth-order valence-corrected chi connectivity index (χ4v) is 2.25. The van der Waals surface area contributed by atoms with Gasteiger partial charge in [0.15, 0.2) is 0 Å². The SMILES string of the molecule is CCCON(C(=O)CBr)c1ccccc1NS(C)(=O)=O. The molecule has 0 atom stereocenters. The lowest BCUT2D eigenvalue weighted by atomic mass is 10.2. The Hall–Kier alpha value is -1.12. The molecule has 0 fully saturated rings. The van der Waals surface area contributed by atoms with Crippen molar-refractivity contribution in [2.24, 2.45) is 0 Å². The highest BCUT2D eigenvalue weighted by Crippen LogP contribution is 2.27. The van der Waals surface area contributed by atoms with Crippen molar-refractivity contribution < 1.29 is 18.0 Å². The number of carbonyl (C=O) groups is 1. The maximum Gasteiger partial charge on any atom is 0.261 e. The van der Waals surface area contributed by atoms with Crippen LogP contribution in [0.2, 0.25) is 0 Å². The third-order valence-corrected chi connectivity index (χ3v) is 3.25. The molecule has 0 spiro atoms. The second-order valence-electron chi connectivity index (χ2n) is 4.05. The maximum absolute atomic E-state index is 11.9. The molecule has 1 rings (SSSR count). The highest BCUT2D eigenvalue weighted by atomic mass is 79.9. The molecular formula is C12H17BrN2O4S. The van der Waals surface area contributed by atoms with Crippen LogP contribution in [0, 0.1) is 0 Å². The molecule has 6 nitrogen and oxygen atoms in total. The fraction of sp³-hybridized carbons (Fsp3) is 0.417. The molecule has 0 bridgehead atoms. The van der Waals surface area contributed by atoms with Crippen LogP contribution in [-0.2, 0) is 19.7 Å². The summed E-state index contributed by atoms with van der Waals surface area (Å²) >= 11 is 3.08. The number of hydrogen-bond donors (Lipinski definition) is 1. The topological polar surface area (TPSA) is 75.7 Å². The average Bonchev–Trinajstić information content (AvgIpc) is 2.38. The molecule has 20 heavy (non-hydrogen) atoms. The van der Waals surface area contributed by atoms with E-state index in [0.717, 1.165) is 17.7 Å². The molecule has 0 aliphatic carbocycles. The zero-order valence-electron chi connectivity index (χ0n) is 11.3. The number of alkyl halides is 1. The van der Waals surface area contributed by atoms with Crippen LogP contribution in [0.4, 0.5) is 11.4 Å². The van der Waals surface area contributed by atoms with Crippen molar-refractivity contribution >= 4 is 43.2 Å². The number of anilines is 2. The van der Waals surface area contributed by atoms with Gasteiger partial charge in [-0.3, -0.25) is 14.4 Å². The van der Waals surface area contributed by atoms with Crippen LogP contribution in [0.5, 0.6) is 0 Å². The van der Waals surface area contributed by atoms with Crippen LogP contribution in [-0.4, -0.2) is 32.5 Å². The van der Waals surface area contributed by atoms with Gasteiger partial charge in [-0.2, -0.15) is 5.06 Å². The van der Waals surface area contributed by atoms with Gasteiger partial charge in [-0.05, 0) is 18.6 Å². The summed E-state index contributed by atoms with van der Waals surface area (Å²) in [6, 6.07) is 6.56. The largest absolute Gasteiger partial charge is 0.282 e. The van der Waals surface area contributed by atoms with E-state index in [9.17, 15) is 13.2 Å². The van der Waals surface area contributed by atoms with Gasteiger partial charge < -0.3 is 0 Å². The van der Waals surface area contributed by atoms with Crippen molar-refractivity contribution in [1.82, 2.24) is 0 Å². The summed E-state index contributed by atoms with van der Waals surface area (Å²) in [5, 5.41) is 1.18. The van der Waals surface area contributed by atoms with E-state index in [0.29, 0.717) is 18.0 Å². The standard InChI is InChI=1S/C12H17BrN2O4S/c1-3-8-19-15(12(16)9-13)11-7-5-4-6-10(11)14-20(2,17)18/h4-7,14H,3,8-9H2,1-2H3. The maximum atomic E-state index is 11.9. The van der Waals surface area contributed by atoms with E-state index in [2.05, 4.69) is 20.7 Å². The zero-order valence-corrected chi connectivity index (χ0v) is 13.7. The van der Waals surface area contributed by atoms with Crippen molar-refractivity contribution in [1.29, 1.82) is 0 Å². The summed E-state index contributed by atoms with van der Waals surface area (Å²) in [4.78, 5) is 17.3. The first kappa shape index (κ1) is 16.9. The molecular weight excluding hydrogens is 348 g/mol. The molecule has 1 aromatic rings. The first-order chi connectivity index (χ1) is 9.39. The number of para-hydroxylation sites is 2. The van der Waals surface area contributed by atoms with Gasteiger partial charge in [0.05, 0.1) is 29.6 Å². The first-order valence-corrected chi connectivity index (χ1v) is 8.99. The minimum atomic E-state index is -3.44. The van der Waals surface area contributed by atoms with E-state index in [1.165, 1.54) is 0 Å². The number of nitrogens with zero attached hydrogens (tertiary/aromatic N) is 1.